The number of hydrogen-bond acceptors (Lipinski definition) is 5. The Bertz CT molecular complexity index is 784. The van der Waals surface area contributed by atoms with Crippen molar-refractivity contribution in [2.45, 2.75) is 75.1 Å². The van der Waals surface area contributed by atoms with Gasteiger partial charge in [0.25, 0.3) is 0 Å². The van der Waals surface area contributed by atoms with E-state index < -0.39 is 5.79 Å². The van der Waals surface area contributed by atoms with Crippen molar-refractivity contribution >= 4 is 0 Å². The summed E-state index contributed by atoms with van der Waals surface area (Å²) in [6.07, 6.45) is 4.00. The first-order valence-corrected chi connectivity index (χ1v) is 10.0. The summed E-state index contributed by atoms with van der Waals surface area (Å²) < 4.78 is 19.5. The number of aromatic hydroxyl groups is 1. The molecular weight excluding hydrogens is 330 g/mol. The van der Waals surface area contributed by atoms with E-state index in [1.54, 1.807) is 6.07 Å². The summed E-state index contributed by atoms with van der Waals surface area (Å²) in [5.41, 5.74) is 2.50. The van der Waals surface area contributed by atoms with Gasteiger partial charge in [0.15, 0.2) is 17.6 Å². The number of piperidine rings is 1. The number of phenols is 1. The minimum absolute atomic E-state index is 0.0639. The van der Waals surface area contributed by atoms with E-state index in [1.165, 1.54) is 11.1 Å². The molecule has 2 aliphatic carbocycles. The van der Waals surface area contributed by atoms with Crippen LogP contribution in [0.5, 0.6) is 11.5 Å². The summed E-state index contributed by atoms with van der Waals surface area (Å²) >= 11 is 0. The number of nitrogens with zero attached hydrogens (tertiary/aromatic N) is 1. The number of hydrogen-bond donors (Lipinski definition) is 1. The van der Waals surface area contributed by atoms with Gasteiger partial charge in [0, 0.05) is 23.4 Å². The van der Waals surface area contributed by atoms with Crippen LogP contribution in [0.25, 0.3) is 0 Å². The third-order valence-electron chi connectivity index (χ3n) is 8.03. The van der Waals surface area contributed by atoms with Crippen molar-refractivity contribution in [3.05, 3.63) is 23.3 Å². The molecule has 3 fully saturated rings. The van der Waals surface area contributed by atoms with Gasteiger partial charge in [-0.25, -0.2) is 0 Å². The first-order valence-electron chi connectivity index (χ1n) is 10.0. The molecule has 2 spiro atoms. The number of fused-ring (bicyclic) bond motifs is 1. The van der Waals surface area contributed by atoms with Crippen LogP contribution in [-0.2, 0) is 21.3 Å². The van der Waals surface area contributed by atoms with Crippen molar-refractivity contribution in [3.63, 3.8) is 0 Å². The molecule has 6 rings (SSSR count). The molecule has 1 N–H and O–H groups in total. The number of likely N-dealkylation sites (N-methyl/N-ethyl adjacent to an activating group) is 1. The summed E-state index contributed by atoms with van der Waals surface area (Å²) in [4.78, 5) is 2.53. The lowest BCUT2D eigenvalue weighted by Gasteiger charge is -2.60. The number of benzene rings is 1. The summed E-state index contributed by atoms with van der Waals surface area (Å²) in [5, 5.41) is 10.6. The maximum Gasteiger partial charge on any atom is 0.207 e. The topological polar surface area (TPSA) is 51.2 Å². The minimum Gasteiger partial charge on any atom is -0.504 e. The van der Waals surface area contributed by atoms with E-state index in [4.69, 9.17) is 14.2 Å². The fourth-order valence-corrected chi connectivity index (χ4v) is 6.80. The van der Waals surface area contributed by atoms with Gasteiger partial charge in [-0.1, -0.05) is 6.07 Å². The van der Waals surface area contributed by atoms with Crippen LogP contribution in [0.15, 0.2) is 12.1 Å². The van der Waals surface area contributed by atoms with Gasteiger partial charge in [-0.15, -0.1) is 0 Å². The Morgan fingerprint density at radius 2 is 1.92 bits per heavy atom. The van der Waals surface area contributed by atoms with Gasteiger partial charge >= 0.3 is 0 Å². The van der Waals surface area contributed by atoms with Crippen LogP contribution in [0.3, 0.4) is 0 Å². The van der Waals surface area contributed by atoms with Crippen molar-refractivity contribution in [1.29, 1.82) is 0 Å². The third-order valence-corrected chi connectivity index (χ3v) is 8.03. The van der Waals surface area contributed by atoms with Crippen molar-refractivity contribution < 1.29 is 19.3 Å². The highest BCUT2D eigenvalue weighted by Crippen LogP contribution is 2.66. The second-order valence-corrected chi connectivity index (χ2v) is 9.09. The quantitative estimate of drug-likeness (QED) is 0.773. The normalized spacial score (nSPS) is 48.5. The van der Waals surface area contributed by atoms with Crippen LogP contribution in [0.1, 0.15) is 44.2 Å². The zero-order chi connectivity index (χ0) is 17.8. The molecule has 2 bridgehead atoms. The van der Waals surface area contributed by atoms with Crippen LogP contribution in [0, 0.1) is 5.92 Å². The van der Waals surface area contributed by atoms with Crippen LogP contribution in [0.4, 0.5) is 0 Å². The summed E-state index contributed by atoms with van der Waals surface area (Å²) in [6, 6.07) is 4.44. The molecule has 3 unspecified atom stereocenters. The summed E-state index contributed by atoms with van der Waals surface area (Å²) in [7, 11) is 2.26. The monoisotopic (exact) mass is 357 g/mol. The highest BCUT2D eigenvalue weighted by molar-refractivity contribution is 5.61. The van der Waals surface area contributed by atoms with Crippen LogP contribution in [0.2, 0.25) is 0 Å². The Labute approximate surface area is 154 Å². The van der Waals surface area contributed by atoms with Gasteiger partial charge < -0.3 is 24.2 Å². The lowest BCUT2D eigenvalue weighted by Crippen LogP contribution is -2.70. The van der Waals surface area contributed by atoms with Crippen LogP contribution in [-0.4, -0.2) is 53.7 Å². The lowest BCUT2D eigenvalue weighted by molar-refractivity contribution is -0.270. The molecule has 0 amide bonds. The Balaban J connectivity index is 1.58. The predicted octanol–water partition coefficient (Wildman–Crippen LogP) is 2.58. The molecule has 1 aromatic rings. The molecular formula is C21H27NO4. The van der Waals surface area contributed by atoms with E-state index in [9.17, 15) is 5.11 Å². The van der Waals surface area contributed by atoms with Gasteiger partial charge in [-0.2, -0.15) is 0 Å². The molecule has 5 heteroatoms. The molecule has 1 saturated carbocycles. The van der Waals surface area contributed by atoms with E-state index in [0.29, 0.717) is 17.7 Å². The average Bonchev–Trinajstić information content (AvgIpc) is 3.11. The van der Waals surface area contributed by atoms with Crippen LogP contribution < -0.4 is 4.74 Å². The highest BCUT2D eigenvalue weighted by Gasteiger charge is 2.72. The molecule has 1 aromatic carbocycles. The molecule has 0 aromatic heterocycles. The van der Waals surface area contributed by atoms with E-state index >= 15 is 0 Å². The van der Waals surface area contributed by atoms with Gasteiger partial charge in [-0.3, -0.25) is 0 Å². The van der Waals surface area contributed by atoms with Gasteiger partial charge in [0.1, 0.15) is 0 Å². The number of phenolic OH excluding ortho intramolecular Hbond substituents is 1. The third kappa shape index (κ3) is 1.60. The second kappa shape index (κ2) is 4.75. The predicted molar refractivity (Wildman–Crippen MR) is 95.5 cm³/mol. The molecule has 5 aliphatic rings. The minimum atomic E-state index is -0.685. The average molecular weight is 357 g/mol. The first kappa shape index (κ1) is 15.7. The molecule has 5 nitrogen and oxygen atoms in total. The molecule has 6 atom stereocenters. The maximum atomic E-state index is 10.6. The fraction of sp³-hybridized carbons (Fsp3) is 0.714. The zero-order valence-electron chi connectivity index (χ0n) is 15.7. The zero-order valence-corrected chi connectivity index (χ0v) is 15.7. The molecule has 140 valence electrons. The molecule has 3 heterocycles. The summed E-state index contributed by atoms with van der Waals surface area (Å²) in [6.45, 7) is 5.23. The highest BCUT2D eigenvalue weighted by atomic mass is 16.8. The standard InChI is InChI=1S/C21H27NO4/c1-11-12(2)26-21(25-11)7-6-14-15-10-13-4-5-16(23)18-17(13)20(14,19(21)24-18)8-9-22(15)3/h4-5,11-12,14-15,19,23H,6-10H2,1-3H3/t11?,12?,14?,15-,19-,20+,21?/m1/s1. The van der Waals surface area contributed by atoms with E-state index in [0.717, 1.165) is 32.2 Å². The van der Waals surface area contributed by atoms with Crippen molar-refractivity contribution in [2.24, 2.45) is 5.92 Å². The van der Waals surface area contributed by atoms with E-state index in [2.05, 4.69) is 31.9 Å². The second-order valence-electron chi connectivity index (χ2n) is 9.09. The number of rotatable bonds is 0. The van der Waals surface area contributed by atoms with E-state index in [1.807, 2.05) is 0 Å². The fourth-order valence-electron chi connectivity index (χ4n) is 6.80. The van der Waals surface area contributed by atoms with Crippen LogP contribution >= 0.6 is 0 Å². The molecule has 26 heavy (non-hydrogen) atoms. The van der Waals surface area contributed by atoms with Crippen molar-refractivity contribution in [3.8, 4) is 11.5 Å². The molecule has 3 aliphatic heterocycles. The smallest absolute Gasteiger partial charge is 0.207 e. The molecule has 0 radical (unpaired) electrons. The Morgan fingerprint density at radius 3 is 2.69 bits per heavy atom. The SMILES string of the molecule is CC1OC2(CCC3[C@H]4Cc5ccc(O)c6c5[C@@]3(CCN4C)[C@H]2O6)OC1C. The largest absolute Gasteiger partial charge is 0.504 e. The number of ether oxygens (including phenoxy) is 3. The molecule has 2 saturated heterocycles. The van der Waals surface area contributed by atoms with Crippen molar-refractivity contribution in [2.75, 3.05) is 13.6 Å². The lowest BCUT2D eigenvalue weighted by atomic mass is 9.50. The van der Waals surface area contributed by atoms with Gasteiger partial charge in [0.2, 0.25) is 5.79 Å². The first-order chi connectivity index (χ1) is 12.5. The maximum absolute atomic E-state index is 10.6. The Morgan fingerprint density at radius 1 is 1.15 bits per heavy atom. The van der Waals surface area contributed by atoms with Crippen molar-refractivity contribution in [1.82, 2.24) is 4.90 Å². The van der Waals surface area contributed by atoms with Gasteiger partial charge in [0.05, 0.1) is 12.2 Å². The number of likely N-dealkylation sites (tertiary alicyclic amines) is 1. The van der Waals surface area contributed by atoms with E-state index in [-0.39, 0.29) is 29.5 Å². The summed E-state index contributed by atoms with van der Waals surface area (Å²) in [5.74, 6) is 0.806. The Hall–Kier alpha value is -1.30. The Kier molecular flexibility index (Phi) is 2.87. The van der Waals surface area contributed by atoms with Gasteiger partial charge in [-0.05, 0) is 64.3 Å².